The predicted molar refractivity (Wildman–Crippen MR) is 102 cm³/mol. The Hall–Kier alpha value is -2.45. The maximum Gasteiger partial charge on any atom is 0.279 e. The topological polar surface area (TPSA) is 83.1 Å². The van der Waals surface area contributed by atoms with Crippen LogP contribution in [0.5, 0.6) is 0 Å². The molecule has 3 aromatic rings. The molecule has 3 rings (SSSR count). The number of carbonyl (C=O) groups is 2. The maximum absolute atomic E-state index is 12.1. The Bertz CT molecular complexity index is 883. The summed E-state index contributed by atoms with van der Waals surface area (Å²) in [6.07, 6.45) is 0.883. The van der Waals surface area contributed by atoms with E-state index in [1.165, 1.54) is 22.7 Å². The molecule has 8 heteroatoms. The summed E-state index contributed by atoms with van der Waals surface area (Å²) in [7, 11) is 0. The first-order valence-electron chi connectivity index (χ1n) is 7.84. The van der Waals surface area contributed by atoms with Crippen LogP contribution in [-0.2, 0) is 11.2 Å². The van der Waals surface area contributed by atoms with E-state index >= 15 is 0 Å². The molecule has 1 aromatic carbocycles. The van der Waals surface area contributed by atoms with Gasteiger partial charge in [0.2, 0.25) is 0 Å². The zero-order valence-corrected chi connectivity index (χ0v) is 15.5. The number of hydrazine groups is 1. The van der Waals surface area contributed by atoms with E-state index in [4.69, 9.17) is 0 Å². The Morgan fingerprint density at radius 1 is 1.16 bits per heavy atom. The zero-order valence-electron chi connectivity index (χ0n) is 13.9. The van der Waals surface area contributed by atoms with Crippen LogP contribution in [0.25, 0.3) is 10.2 Å². The normalized spacial score (nSPS) is 10.6. The maximum atomic E-state index is 12.1. The molecule has 2 aromatic heterocycles. The SMILES string of the molecule is CCc1cc(C(=O)NNC(=O)CNc2nc3ccccc3s2)sc1C. The molecular weight excluding hydrogens is 356 g/mol. The Kier molecular flexibility index (Phi) is 5.30. The van der Waals surface area contributed by atoms with Gasteiger partial charge in [-0.25, -0.2) is 4.98 Å². The Balaban J connectivity index is 1.49. The highest BCUT2D eigenvalue weighted by atomic mass is 32.1. The molecule has 2 amide bonds. The van der Waals surface area contributed by atoms with Crippen LogP contribution < -0.4 is 16.2 Å². The lowest BCUT2D eigenvalue weighted by Gasteiger charge is -2.06. The van der Waals surface area contributed by atoms with Gasteiger partial charge in [-0.15, -0.1) is 11.3 Å². The number of rotatable bonds is 5. The van der Waals surface area contributed by atoms with E-state index in [0.29, 0.717) is 10.0 Å². The van der Waals surface area contributed by atoms with Gasteiger partial charge in [0.15, 0.2) is 5.13 Å². The van der Waals surface area contributed by atoms with Gasteiger partial charge >= 0.3 is 0 Å². The summed E-state index contributed by atoms with van der Waals surface area (Å²) in [4.78, 5) is 30.1. The first kappa shape index (κ1) is 17.4. The number of anilines is 1. The molecule has 0 aliphatic rings. The van der Waals surface area contributed by atoms with Crippen molar-refractivity contribution in [1.29, 1.82) is 0 Å². The van der Waals surface area contributed by atoms with Crippen molar-refractivity contribution in [2.45, 2.75) is 20.3 Å². The number of para-hydroxylation sites is 1. The number of nitrogens with zero attached hydrogens (tertiary/aromatic N) is 1. The molecule has 0 atom stereocenters. The Labute approximate surface area is 153 Å². The molecule has 0 aliphatic heterocycles. The second-order valence-corrected chi connectivity index (χ2v) is 7.68. The first-order chi connectivity index (χ1) is 12.1. The lowest BCUT2D eigenvalue weighted by Crippen LogP contribution is -2.43. The number of fused-ring (bicyclic) bond motifs is 1. The summed E-state index contributed by atoms with van der Waals surface area (Å²) >= 11 is 2.90. The minimum Gasteiger partial charge on any atom is -0.352 e. The van der Waals surface area contributed by atoms with Crippen molar-refractivity contribution in [3.63, 3.8) is 0 Å². The van der Waals surface area contributed by atoms with Crippen LogP contribution in [0.2, 0.25) is 0 Å². The van der Waals surface area contributed by atoms with E-state index in [9.17, 15) is 9.59 Å². The van der Waals surface area contributed by atoms with E-state index in [2.05, 4.69) is 21.2 Å². The molecule has 0 radical (unpaired) electrons. The summed E-state index contributed by atoms with van der Waals surface area (Å²) in [6, 6.07) is 9.63. The second-order valence-electron chi connectivity index (χ2n) is 5.39. The number of nitrogens with one attached hydrogen (secondary N) is 3. The number of amides is 2. The largest absolute Gasteiger partial charge is 0.352 e. The number of hydrogen-bond acceptors (Lipinski definition) is 6. The fourth-order valence-electron chi connectivity index (χ4n) is 2.32. The average molecular weight is 374 g/mol. The molecule has 6 nitrogen and oxygen atoms in total. The fraction of sp³-hybridized carbons (Fsp3) is 0.235. The number of thiophene rings is 1. The van der Waals surface area contributed by atoms with E-state index < -0.39 is 0 Å². The van der Waals surface area contributed by atoms with Gasteiger partial charge in [0.05, 0.1) is 21.6 Å². The number of thiazole rings is 1. The number of aryl methyl sites for hydroxylation is 2. The fourth-order valence-corrected chi connectivity index (χ4v) is 4.19. The number of hydrogen-bond donors (Lipinski definition) is 3. The molecule has 2 heterocycles. The number of aromatic nitrogens is 1. The molecule has 3 N–H and O–H groups in total. The van der Waals surface area contributed by atoms with Crippen LogP contribution in [0.4, 0.5) is 5.13 Å². The third-order valence-electron chi connectivity index (χ3n) is 3.63. The van der Waals surface area contributed by atoms with Crippen molar-refractivity contribution in [2.24, 2.45) is 0 Å². The minimum absolute atomic E-state index is 0.0315. The Morgan fingerprint density at radius 2 is 1.96 bits per heavy atom. The monoisotopic (exact) mass is 374 g/mol. The summed E-state index contributed by atoms with van der Waals surface area (Å²) in [6.45, 7) is 4.07. The van der Waals surface area contributed by atoms with E-state index in [0.717, 1.165) is 27.1 Å². The molecular formula is C17H18N4O2S2. The molecule has 0 saturated carbocycles. The summed E-state index contributed by atoms with van der Waals surface area (Å²) in [5.74, 6) is -0.641. The van der Waals surface area contributed by atoms with E-state index in [1.807, 2.05) is 44.2 Å². The van der Waals surface area contributed by atoms with Gasteiger partial charge in [-0.1, -0.05) is 30.4 Å². The second kappa shape index (κ2) is 7.62. The van der Waals surface area contributed by atoms with Gasteiger partial charge in [0.25, 0.3) is 11.8 Å². The highest BCUT2D eigenvalue weighted by molar-refractivity contribution is 7.22. The first-order valence-corrected chi connectivity index (χ1v) is 9.48. The summed E-state index contributed by atoms with van der Waals surface area (Å²) in [5.41, 5.74) is 6.90. The van der Waals surface area contributed by atoms with Crippen molar-refractivity contribution >= 4 is 49.8 Å². The van der Waals surface area contributed by atoms with Gasteiger partial charge in [0.1, 0.15) is 0 Å². The van der Waals surface area contributed by atoms with Gasteiger partial charge in [-0.2, -0.15) is 0 Å². The molecule has 0 fully saturated rings. The van der Waals surface area contributed by atoms with Crippen LogP contribution in [0, 0.1) is 6.92 Å². The molecule has 25 heavy (non-hydrogen) atoms. The van der Waals surface area contributed by atoms with Crippen LogP contribution in [0.15, 0.2) is 30.3 Å². The number of carbonyl (C=O) groups excluding carboxylic acids is 2. The molecule has 0 aliphatic carbocycles. The molecule has 0 saturated heterocycles. The van der Waals surface area contributed by atoms with E-state index in [1.54, 1.807) is 0 Å². The zero-order chi connectivity index (χ0) is 17.8. The number of benzene rings is 1. The summed E-state index contributed by atoms with van der Waals surface area (Å²) < 4.78 is 1.05. The Morgan fingerprint density at radius 3 is 2.68 bits per heavy atom. The van der Waals surface area contributed by atoms with Gasteiger partial charge in [0, 0.05) is 4.88 Å². The molecule has 0 unspecified atom stereocenters. The third kappa shape index (κ3) is 4.15. The average Bonchev–Trinajstić information content (AvgIpc) is 3.20. The standard InChI is InChI=1S/C17H18N4O2S2/c1-3-11-8-14(24-10(11)2)16(23)21-20-15(22)9-18-17-19-12-6-4-5-7-13(12)25-17/h4-8H,3,9H2,1-2H3,(H,18,19)(H,20,22)(H,21,23). The summed E-state index contributed by atoms with van der Waals surface area (Å²) in [5, 5.41) is 3.64. The smallest absolute Gasteiger partial charge is 0.279 e. The van der Waals surface area contributed by atoms with Crippen LogP contribution >= 0.6 is 22.7 Å². The minimum atomic E-state index is -0.336. The lowest BCUT2D eigenvalue weighted by atomic mass is 10.2. The van der Waals surface area contributed by atoms with E-state index in [-0.39, 0.29) is 18.4 Å². The highest BCUT2D eigenvalue weighted by Gasteiger charge is 2.12. The third-order valence-corrected chi connectivity index (χ3v) is 5.72. The van der Waals surface area contributed by atoms with Crippen LogP contribution in [-0.4, -0.2) is 23.3 Å². The van der Waals surface area contributed by atoms with Crippen LogP contribution in [0.3, 0.4) is 0 Å². The van der Waals surface area contributed by atoms with Gasteiger partial charge in [-0.3, -0.25) is 20.4 Å². The highest BCUT2D eigenvalue weighted by Crippen LogP contribution is 2.25. The molecule has 0 spiro atoms. The van der Waals surface area contributed by atoms with Crippen molar-refractivity contribution in [3.8, 4) is 0 Å². The lowest BCUT2D eigenvalue weighted by molar-refractivity contribution is -0.120. The van der Waals surface area contributed by atoms with Crippen molar-refractivity contribution in [3.05, 3.63) is 45.6 Å². The quantitative estimate of drug-likeness (QED) is 0.599. The van der Waals surface area contributed by atoms with Crippen molar-refractivity contribution in [1.82, 2.24) is 15.8 Å². The van der Waals surface area contributed by atoms with Crippen molar-refractivity contribution < 1.29 is 9.59 Å². The molecule has 0 bridgehead atoms. The van der Waals surface area contributed by atoms with Crippen molar-refractivity contribution in [2.75, 3.05) is 11.9 Å². The molecule has 130 valence electrons. The predicted octanol–water partition coefficient (Wildman–Crippen LogP) is 3.10. The van der Waals surface area contributed by atoms with Crippen LogP contribution in [0.1, 0.15) is 27.0 Å². The van der Waals surface area contributed by atoms with Gasteiger partial charge in [-0.05, 0) is 37.1 Å². The van der Waals surface area contributed by atoms with Gasteiger partial charge < -0.3 is 5.32 Å².